The van der Waals surface area contributed by atoms with Crippen LogP contribution in [0.2, 0.25) is 19.6 Å². The molecule has 6 heavy (non-hydrogen) atoms. The molecule has 0 N–H and O–H groups in total. The van der Waals surface area contributed by atoms with Gasteiger partial charge in [0, 0.05) is 17.4 Å². The van der Waals surface area contributed by atoms with Gasteiger partial charge in [-0.25, -0.2) is 0 Å². The van der Waals surface area contributed by atoms with Crippen molar-refractivity contribution in [1.82, 2.24) is 0 Å². The third kappa shape index (κ3) is 119. The van der Waals surface area contributed by atoms with Gasteiger partial charge in [-0.2, -0.15) is 0 Å². The third-order valence-corrected chi connectivity index (χ3v) is 0. The van der Waals surface area contributed by atoms with E-state index in [1.165, 1.54) is 0 Å². The molecule has 0 atom stereocenters. The van der Waals surface area contributed by atoms with E-state index >= 15 is 0 Å². The van der Waals surface area contributed by atoms with E-state index < -0.39 is 8.07 Å². The summed E-state index contributed by atoms with van der Waals surface area (Å²) >= 11 is 0. The molecule has 0 aliphatic rings. The molecule has 0 bridgehead atoms. The van der Waals surface area contributed by atoms with Gasteiger partial charge in [-0.05, 0) is 0 Å². The normalized spacial score (nSPS) is 10.0. The van der Waals surface area contributed by atoms with Crippen molar-refractivity contribution in [2.45, 2.75) is 19.6 Å². The first-order valence-electron chi connectivity index (χ1n) is 1.85. The zero-order chi connectivity index (χ0) is 4.50. The minimum absolute atomic E-state index is 0. The van der Waals surface area contributed by atoms with Crippen LogP contribution in [0.15, 0.2) is 0 Å². The number of hydrogen-bond acceptors (Lipinski definition) is 0. The standard InChI is InChI=1S/C4H11Si.Cr/c1-5(2,3)4;/h1H2,2-4H3;/q-1;. The molecule has 0 aliphatic heterocycles. The van der Waals surface area contributed by atoms with Crippen molar-refractivity contribution in [1.29, 1.82) is 0 Å². The number of rotatable bonds is 0. The molecule has 0 saturated heterocycles. The molecule has 0 nitrogen and oxygen atoms in total. The minimum atomic E-state index is -0.861. The third-order valence-electron chi connectivity index (χ3n) is 0. The summed E-state index contributed by atoms with van der Waals surface area (Å²) in [6, 6.07) is 0. The van der Waals surface area contributed by atoms with Crippen molar-refractivity contribution in [3.05, 3.63) is 6.55 Å². The number of hydrogen-bond donors (Lipinski definition) is 0. The van der Waals surface area contributed by atoms with Crippen molar-refractivity contribution in [2.75, 3.05) is 0 Å². The van der Waals surface area contributed by atoms with Gasteiger partial charge in [0.2, 0.25) is 0 Å². The summed E-state index contributed by atoms with van der Waals surface area (Å²) in [4.78, 5) is 0. The Bertz CT molecular complexity index is 23.0. The summed E-state index contributed by atoms with van der Waals surface area (Å²) in [6.45, 7) is 10.6. The first-order chi connectivity index (χ1) is 2.00. The molecular weight excluding hydrogens is 128 g/mol. The predicted octanol–water partition coefficient (Wildman–Crippen LogP) is 1.70. The molecule has 0 heterocycles. The van der Waals surface area contributed by atoms with Crippen LogP contribution in [0.1, 0.15) is 0 Å². The first kappa shape index (κ1) is 9.89. The maximum atomic E-state index is 3.91. The molecule has 0 fully saturated rings. The van der Waals surface area contributed by atoms with E-state index in [1.54, 1.807) is 0 Å². The maximum absolute atomic E-state index is 3.91. The summed E-state index contributed by atoms with van der Waals surface area (Å²) in [7, 11) is -0.861. The van der Waals surface area contributed by atoms with Crippen LogP contribution in [0.4, 0.5) is 0 Å². The van der Waals surface area contributed by atoms with Crippen LogP contribution in [-0.4, -0.2) is 8.07 Å². The second-order valence-electron chi connectivity index (χ2n) is 2.56. The Labute approximate surface area is 52.1 Å². The van der Waals surface area contributed by atoms with Gasteiger partial charge in [0.15, 0.2) is 0 Å². The van der Waals surface area contributed by atoms with Crippen molar-refractivity contribution < 1.29 is 17.4 Å². The molecule has 0 spiro atoms. The Balaban J connectivity index is 0. The summed E-state index contributed by atoms with van der Waals surface area (Å²) in [5.74, 6) is 0. The van der Waals surface area contributed by atoms with Gasteiger partial charge in [0.25, 0.3) is 0 Å². The Morgan fingerprint density at radius 3 is 1.17 bits per heavy atom. The van der Waals surface area contributed by atoms with Crippen LogP contribution >= 0.6 is 0 Å². The molecule has 0 unspecified atom stereocenters. The molecule has 0 aromatic heterocycles. The van der Waals surface area contributed by atoms with E-state index in [0.717, 1.165) is 0 Å². The molecule has 0 amide bonds. The fourth-order valence-corrected chi connectivity index (χ4v) is 0. The second-order valence-corrected chi connectivity index (χ2v) is 7.68. The quantitative estimate of drug-likeness (QED) is 0.354. The average Bonchev–Trinajstić information content (AvgIpc) is 0.722. The van der Waals surface area contributed by atoms with Crippen molar-refractivity contribution in [2.24, 2.45) is 0 Å². The van der Waals surface area contributed by atoms with E-state index in [9.17, 15) is 0 Å². The van der Waals surface area contributed by atoms with Gasteiger partial charge in [0.05, 0.1) is 0 Å². The zero-order valence-electron chi connectivity index (χ0n) is 4.62. The van der Waals surface area contributed by atoms with Crippen molar-refractivity contribution in [3.8, 4) is 0 Å². The molecule has 0 saturated carbocycles. The summed E-state index contributed by atoms with van der Waals surface area (Å²) in [6.07, 6.45) is 0. The largest absolute Gasteiger partial charge is 0.342 e. The molecule has 0 aromatic carbocycles. The summed E-state index contributed by atoms with van der Waals surface area (Å²) < 4.78 is 0. The van der Waals surface area contributed by atoms with Gasteiger partial charge >= 0.3 is 0 Å². The van der Waals surface area contributed by atoms with Crippen LogP contribution in [0.25, 0.3) is 0 Å². The van der Waals surface area contributed by atoms with Crippen LogP contribution in [-0.2, 0) is 17.4 Å². The monoisotopic (exact) mass is 139 g/mol. The molecule has 0 radical (unpaired) electrons. The molecule has 2 heteroatoms. The van der Waals surface area contributed by atoms with Gasteiger partial charge in [0.1, 0.15) is 0 Å². The second kappa shape index (κ2) is 2.85. The molecule has 0 rings (SSSR count). The van der Waals surface area contributed by atoms with Crippen LogP contribution < -0.4 is 0 Å². The zero-order valence-corrected chi connectivity index (χ0v) is 6.89. The first-order valence-corrected chi connectivity index (χ1v) is 5.56. The predicted molar refractivity (Wildman–Crippen MR) is 28.7 cm³/mol. The Kier molecular flexibility index (Phi) is 4.69. The van der Waals surface area contributed by atoms with Gasteiger partial charge in [-0.1, -0.05) is 19.6 Å². The van der Waals surface area contributed by atoms with Crippen molar-refractivity contribution in [3.63, 3.8) is 0 Å². The Morgan fingerprint density at radius 2 is 1.17 bits per heavy atom. The van der Waals surface area contributed by atoms with Gasteiger partial charge in [-0.15, -0.1) is 8.07 Å². The Morgan fingerprint density at radius 1 is 1.17 bits per heavy atom. The van der Waals surface area contributed by atoms with Crippen LogP contribution in [0.5, 0.6) is 0 Å². The van der Waals surface area contributed by atoms with Gasteiger partial charge < -0.3 is 6.55 Å². The molecule has 0 aromatic rings. The van der Waals surface area contributed by atoms with Crippen LogP contribution in [0.3, 0.4) is 0 Å². The van der Waals surface area contributed by atoms with Crippen molar-refractivity contribution >= 4 is 8.07 Å². The molecule has 38 valence electrons. The van der Waals surface area contributed by atoms with E-state index in [2.05, 4.69) is 26.2 Å². The summed E-state index contributed by atoms with van der Waals surface area (Å²) in [5, 5.41) is 0. The Hall–Kier alpha value is 0.749. The fourth-order valence-electron chi connectivity index (χ4n) is 0. The topological polar surface area (TPSA) is 0 Å². The smallest absolute Gasteiger partial charge is 0 e. The molecular formula is C4H11CrSi-. The average molecular weight is 139 g/mol. The fraction of sp³-hybridized carbons (Fsp3) is 0.750. The van der Waals surface area contributed by atoms with Crippen LogP contribution in [0, 0.1) is 6.55 Å². The van der Waals surface area contributed by atoms with E-state index in [-0.39, 0.29) is 17.4 Å². The SMILES string of the molecule is [CH2-][Si](C)(C)C.[Cr]. The van der Waals surface area contributed by atoms with E-state index in [4.69, 9.17) is 0 Å². The molecule has 0 aliphatic carbocycles. The summed E-state index contributed by atoms with van der Waals surface area (Å²) in [5.41, 5.74) is 0. The van der Waals surface area contributed by atoms with Gasteiger partial charge in [-0.3, -0.25) is 0 Å². The van der Waals surface area contributed by atoms with E-state index in [1.807, 2.05) is 0 Å². The minimum Gasteiger partial charge on any atom is -0.342 e. The van der Waals surface area contributed by atoms with E-state index in [0.29, 0.717) is 0 Å². The maximum Gasteiger partial charge on any atom is 0 e.